The number of hydrogen-bond donors (Lipinski definition) is 4. The molecule has 10 nitrogen and oxygen atoms in total. The summed E-state index contributed by atoms with van der Waals surface area (Å²) in [5, 5.41) is 0. The zero-order valence-corrected chi connectivity index (χ0v) is 10.9. The fraction of sp³-hybridized carbons (Fsp3) is 0. The van der Waals surface area contributed by atoms with E-state index in [1.165, 1.54) is 0 Å². The standard InChI is InChI=1S/2H2O5S2.H2S/c2*1-6(2)5-7(3)4;/h2*6-7H;1H2. The molecule has 0 amide bonds. The van der Waals surface area contributed by atoms with Gasteiger partial charge in [0.2, 0.25) is 0 Å². The molecule has 0 saturated heterocycles. The van der Waals surface area contributed by atoms with E-state index in [1.54, 1.807) is 0 Å². The third-order valence-corrected chi connectivity index (χ3v) is 2.40. The Labute approximate surface area is 98.3 Å². The lowest BCUT2D eigenvalue weighted by Crippen LogP contribution is -1.82. The summed E-state index contributed by atoms with van der Waals surface area (Å²) in [4.78, 5) is 0. The molecule has 0 atom stereocenters. The minimum Gasteiger partial charge on any atom is -0.201 e. The number of rotatable bonds is 4. The van der Waals surface area contributed by atoms with Crippen LogP contribution in [-0.2, 0) is 51.2 Å². The van der Waals surface area contributed by atoms with Gasteiger partial charge in [0.05, 0.1) is 0 Å². The average Bonchev–Trinajstić information content (AvgIpc) is 1.79. The quantitative estimate of drug-likeness (QED) is 0.378. The van der Waals surface area contributed by atoms with Gasteiger partial charge in [0, 0.05) is 0 Å². The first-order chi connectivity index (χ1) is 6.25. The van der Waals surface area contributed by atoms with Gasteiger partial charge in [-0.2, -0.15) is 20.8 Å². The van der Waals surface area contributed by atoms with Crippen LogP contribution in [0.3, 0.4) is 0 Å². The predicted octanol–water partition coefficient (Wildman–Crippen LogP) is -3.78. The second-order valence-corrected chi connectivity index (χ2v) is 4.15. The van der Waals surface area contributed by atoms with E-state index in [1.807, 2.05) is 0 Å². The molecule has 0 heterocycles. The van der Waals surface area contributed by atoms with E-state index in [0.717, 1.165) is 0 Å². The second-order valence-electron chi connectivity index (χ2n) is 1.06. The van der Waals surface area contributed by atoms with Crippen molar-refractivity contribution in [2.75, 3.05) is 0 Å². The van der Waals surface area contributed by atoms with Crippen LogP contribution in [-0.4, -0.2) is 33.7 Å². The highest BCUT2D eigenvalue weighted by Gasteiger charge is 1.81. The summed E-state index contributed by atoms with van der Waals surface area (Å²) in [5.74, 6) is 0. The maximum Gasteiger partial charge on any atom is 0.271 e. The van der Waals surface area contributed by atoms with E-state index >= 15 is 0 Å². The van der Waals surface area contributed by atoms with Crippen LogP contribution < -0.4 is 0 Å². The molecule has 0 aliphatic carbocycles. The summed E-state index contributed by atoms with van der Waals surface area (Å²) in [6, 6.07) is 0. The van der Waals surface area contributed by atoms with Crippen LogP contribution in [0.15, 0.2) is 0 Å². The summed E-state index contributed by atoms with van der Waals surface area (Å²) >= 11 is 0. The first-order valence-corrected chi connectivity index (χ1v) is 6.57. The lowest BCUT2D eigenvalue weighted by Gasteiger charge is -1.69. The van der Waals surface area contributed by atoms with Gasteiger partial charge in [0.25, 0.3) is 43.9 Å². The molecule has 0 spiro atoms. The molecule has 0 aliphatic rings. The van der Waals surface area contributed by atoms with Crippen LogP contribution in [0.1, 0.15) is 0 Å². The Balaban J connectivity index is -0.000000180. The van der Waals surface area contributed by atoms with Crippen molar-refractivity contribution in [3.05, 3.63) is 0 Å². The predicted molar refractivity (Wildman–Crippen MR) is 53.8 cm³/mol. The second kappa shape index (κ2) is 12.1. The molecular weight excluding hydrogens is 320 g/mol. The zero-order valence-electron chi connectivity index (χ0n) is 6.37. The van der Waals surface area contributed by atoms with Crippen molar-refractivity contribution < 1.29 is 40.9 Å². The molecule has 0 aromatic rings. The van der Waals surface area contributed by atoms with Crippen molar-refractivity contribution in [3.8, 4) is 0 Å². The minimum absolute atomic E-state index is 0. The van der Waals surface area contributed by atoms with Gasteiger partial charge < -0.3 is 0 Å². The first kappa shape index (κ1) is 20.5. The topological polar surface area (TPSA) is 155 Å². The van der Waals surface area contributed by atoms with Crippen LogP contribution >= 0.6 is 13.5 Å². The molecule has 0 aliphatic heterocycles. The maximum atomic E-state index is 9.24. The van der Waals surface area contributed by atoms with Gasteiger partial charge in [0.15, 0.2) is 0 Å². The van der Waals surface area contributed by atoms with Gasteiger partial charge in [0.1, 0.15) is 0 Å². The van der Waals surface area contributed by atoms with Gasteiger partial charge in [-0.15, -0.1) is 0 Å². The molecule has 0 N–H and O–H groups in total. The summed E-state index contributed by atoms with van der Waals surface area (Å²) in [6.07, 6.45) is 0. The molecule has 0 aromatic heterocycles. The van der Waals surface area contributed by atoms with Crippen LogP contribution in [0.4, 0.5) is 0 Å². The van der Waals surface area contributed by atoms with E-state index in [4.69, 9.17) is 0 Å². The van der Waals surface area contributed by atoms with Crippen LogP contribution in [0, 0.1) is 0 Å². The van der Waals surface area contributed by atoms with Crippen molar-refractivity contribution in [2.24, 2.45) is 0 Å². The average molecular weight is 326 g/mol. The maximum absolute atomic E-state index is 9.24. The summed E-state index contributed by atoms with van der Waals surface area (Å²) in [7, 11) is -12.9. The molecule has 15 heteroatoms. The van der Waals surface area contributed by atoms with Crippen LogP contribution in [0.5, 0.6) is 0 Å². The largest absolute Gasteiger partial charge is 0.271 e. The number of thiol groups is 4. The molecule has 0 aromatic carbocycles. The van der Waals surface area contributed by atoms with E-state index < -0.39 is 43.9 Å². The van der Waals surface area contributed by atoms with E-state index in [0.29, 0.717) is 0 Å². The molecule has 15 heavy (non-hydrogen) atoms. The van der Waals surface area contributed by atoms with E-state index in [-0.39, 0.29) is 13.5 Å². The summed E-state index contributed by atoms with van der Waals surface area (Å²) in [6.45, 7) is 0. The molecule has 0 bridgehead atoms. The Hall–Kier alpha value is 0.0700. The Bertz CT molecular complexity index is 313. The fourth-order valence-electron chi connectivity index (χ4n) is 0.109. The molecule has 0 rings (SSSR count). The van der Waals surface area contributed by atoms with E-state index in [9.17, 15) is 33.7 Å². The summed E-state index contributed by atoms with van der Waals surface area (Å²) < 4.78 is 80.2. The van der Waals surface area contributed by atoms with Gasteiger partial charge in [-0.1, -0.05) is 0 Å². The monoisotopic (exact) mass is 326 g/mol. The minimum atomic E-state index is -3.24. The smallest absolute Gasteiger partial charge is 0.201 e. The van der Waals surface area contributed by atoms with Crippen LogP contribution in [0.2, 0.25) is 0 Å². The third kappa shape index (κ3) is 31.5. The van der Waals surface area contributed by atoms with Crippen molar-refractivity contribution in [3.63, 3.8) is 0 Å². The lowest BCUT2D eigenvalue weighted by atomic mass is 15.8. The highest BCUT2D eigenvalue weighted by atomic mass is 32.3. The Morgan fingerprint density at radius 2 is 0.600 bits per heavy atom. The van der Waals surface area contributed by atoms with E-state index in [2.05, 4.69) is 7.26 Å². The highest BCUT2D eigenvalue weighted by Crippen LogP contribution is 1.67. The molecule has 96 valence electrons. The molecule has 0 fully saturated rings. The lowest BCUT2D eigenvalue weighted by molar-refractivity contribution is 0.492. The third-order valence-electron chi connectivity index (χ3n) is 0.267. The van der Waals surface area contributed by atoms with Gasteiger partial charge in [-0.05, 0) is 0 Å². The van der Waals surface area contributed by atoms with Crippen molar-refractivity contribution >= 4 is 57.4 Å². The number of hydrogen-bond acceptors (Lipinski definition) is 10. The van der Waals surface area contributed by atoms with Gasteiger partial charge >= 0.3 is 0 Å². The van der Waals surface area contributed by atoms with Gasteiger partial charge in [-0.3, -0.25) is 0 Å². The molecule has 0 unspecified atom stereocenters. The van der Waals surface area contributed by atoms with Gasteiger partial charge in [-0.25, -0.2) is 33.7 Å². The Morgan fingerprint density at radius 1 is 0.467 bits per heavy atom. The first-order valence-electron chi connectivity index (χ1n) is 2.19. The normalized spacial score (nSPS) is 9.87. The Kier molecular flexibility index (Phi) is 16.6. The Morgan fingerprint density at radius 3 is 0.600 bits per heavy atom. The van der Waals surface area contributed by atoms with Crippen molar-refractivity contribution in [2.45, 2.75) is 0 Å². The highest BCUT2D eigenvalue weighted by molar-refractivity contribution is 7.81. The molecule has 0 saturated carbocycles. The molecule has 0 radical (unpaired) electrons. The summed E-state index contributed by atoms with van der Waals surface area (Å²) in [5.41, 5.74) is 0. The fourth-order valence-corrected chi connectivity index (χ4v) is 0.980. The van der Waals surface area contributed by atoms with Crippen molar-refractivity contribution in [1.82, 2.24) is 0 Å². The van der Waals surface area contributed by atoms with Crippen molar-refractivity contribution in [1.29, 1.82) is 0 Å². The zero-order chi connectivity index (χ0) is 11.7. The molecular formula is H6O10S5. The van der Waals surface area contributed by atoms with Crippen LogP contribution in [0.25, 0.3) is 0 Å². The SMILES string of the molecule is O=[SH](=O)O[SH](=O)=O.O=[SH](=O)O[SH](=O)=O.S.